The zero-order valence-corrected chi connectivity index (χ0v) is 19.0. The van der Waals surface area contributed by atoms with Crippen LogP contribution in [0.4, 0.5) is 0 Å². The Morgan fingerprint density at radius 2 is 1.91 bits per heavy atom. The Balaban J connectivity index is 1.51. The van der Waals surface area contributed by atoms with Crippen molar-refractivity contribution >= 4 is 28.4 Å². The smallest absolute Gasteiger partial charge is 0.291 e. The number of unbranched alkanes of at least 4 members (excludes halogenated alkanes) is 2. The predicted octanol–water partition coefficient (Wildman–Crippen LogP) is 4.61. The Morgan fingerprint density at radius 3 is 2.66 bits per heavy atom. The molecule has 0 spiro atoms. The van der Waals surface area contributed by atoms with Gasteiger partial charge in [-0.25, -0.2) is 0 Å². The minimum atomic E-state index is -0.177. The number of ether oxygens (including phenoxy) is 2. The Hall–Kier alpha value is -3.45. The fourth-order valence-corrected chi connectivity index (χ4v) is 4.12. The first kappa shape index (κ1) is 21.8. The third-order valence-electron chi connectivity index (χ3n) is 4.97. The maximum Gasteiger partial charge on any atom is 0.291 e. The number of benzene rings is 2. The lowest BCUT2D eigenvalue weighted by atomic mass is 10.2. The molecule has 0 N–H and O–H groups in total. The molecule has 6 nitrogen and oxygen atoms in total. The van der Waals surface area contributed by atoms with Gasteiger partial charge in [0.2, 0.25) is 4.96 Å². The zero-order chi connectivity index (χ0) is 22.3. The third-order valence-corrected chi connectivity index (χ3v) is 5.95. The van der Waals surface area contributed by atoms with E-state index in [0.29, 0.717) is 15.3 Å². The van der Waals surface area contributed by atoms with Crippen molar-refractivity contribution in [3.63, 3.8) is 0 Å². The van der Waals surface area contributed by atoms with Gasteiger partial charge in [-0.2, -0.15) is 9.50 Å². The highest BCUT2D eigenvalue weighted by molar-refractivity contribution is 7.15. The van der Waals surface area contributed by atoms with Gasteiger partial charge in [-0.3, -0.25) is 4.79 Å². The molecule has 2 aromatic carbocycles. The van der Waals surface area contributed by atoms with E-state index in [0.717, 1.165) is 35.7 Å². The molecule has 0 unspecified atom stereocenters. The maximum atomic E-state index is 12.7. The van der Waals surface area contributed by atoms with E-state index >= 15 is 0 Å². The van der Waals surface area contributed by atoms with Crippen LogP contribution < -0.4 is 19.6 Å². The molecule has 7 heteroatoms. The van der Waals surface area contributed by atoms with Crippen LogP contribution >= 0.6 is 11.3 Å². The van der Waals surface area contributed by atoms with Crippen molar-refractivity contribution in [1.82, 2.24) is 14.6 Å². The van der Waals surface area contributed by atoms with E-state index in [-0.39, 0.29) is 5.56 Å². The van der Waals surface area contributed by atoms with Crippen molar-refractivity contribution in [2.75, 3.05) is 13.7 Å². The molecular weight excluding hydrogens is 422 g/mol. The summed E-state index contributed by atoms with van der Waals surface area (Å²) in [5.41, 5.74) is 1.62. The van der Waals surface area contributed by atoms with E-state index in [1.165, 1.54) is 28.7 Å². The first-order chi connectivity index (χ1) is 15.7. The molecule has 0 aliphatic carbocycles. The second-order valence-electron chi connectivity index (χ2n) is 7.25. The normalized spacial score (nSPS) is 12.1. The molecule has 0 amide bonds. The number of rotatable bonds is 9. The molecule has 0 aliphatic rings. The van der Waals surface area contributed by atoms with Crippen LogP contribution in [0.3, 0.4) is 0 Å². The number of fused-ring (bicyclic) bond motifs is 1. The van der Waals surface area contributed by atoms with E-state index in [9.17, 15) is 4.79 Å². The summed E-state index contributed by atoms with van der Waals surface area (Å²) in [5.74, 6) is 2.14. The van der Waals surface area contributed by atoms with Gasteiger partial charge in [0, 0.05) is 11.1 Å². The highest BCUT2D eigenvalue weighted by Gasteiger charge is 2.11. The standard InChI is InChI=1S/C25H25N3O3S/c1-3-4-7-17-31-20-15-13-19(14-16-20)23-26-25-28(27-23)24(29)22(32-25)12-8-10-18-9-5-6-11-21(18)30-2/h5-6,8-16H,3-4,7,17H2,1-2H3/b10-8+,22-12-. The van der Waals surface area contributed by atoms with Crippen molar-refractivity contribution in [2.24, 2.45) is 0 Å². The second-order valence-corrected chi connectivity index (χ2v) is 8.26. The largest absolute Gasteiger partial charge is 0.496 e. The van der Waals surface area contributed by atoms with Crippen LogP contribution in [0.2, 0.25) is 0 Å². The highest BCUT2D eigenvalue weighted by atomic mass is 32.1. The molecule has 164 valence electrons. The van der Waals surface area contributed by atoms with Gasteiger partial charge in [-0.05, 0) is 42.8 Å². The van der Waals surface area contributed by atoms with Gasteiger partial charge in [0.05, 0.1) is 18.2 Å². The number of allylic oxidation sites excluding steroid dienone is 1. The van der Waals surface area contributed by atoms with Gasteiger partial charge >= 0.3 is 0 Å². The molecule has 0 saturated heterocycles. The maximum absolute atomic E-state index is 12.7. The molecule has 0 saturated carbocycles. The SMILES string of the molecule is CCCCCOc1ccc(-c2nc3s/c(=C\C=C\c4ccccc4OC)c(=O)n3n2)cc1. The van der Waals surface area contributed by atoms with Gasteiger partial charge in [0.25, 0.3) is 5.56 Å². The van der Waals surface area contributed by atoms with Crippen LogP contribution in [-0.2, 0) is 0 Å². The molecule has 0 atom stereocenters. The molecule has 4 rings (SSSR count). The van der Waals surface area contributed by atoms with Crippen LogP contribution in [0.15, 0.2) is 59.4 Å². The van der Waals surface area contributed by atoms with Crippen LogP contribution in [0.25, 0.3) is 28.5 Å². The van der Waals surface area contributed by atoms with Crippen molar-refractivity contribution in [3.8, 4) is 22.9 Å². The fourth-order valence-electron chi connectivity index (χ4n) is 3.26. The number of hydrogen-bond acceptors (Lipinski definition) is 6. The first-order valence-electron chi connectivity index (χ1n) is 10.6. The summed E-state index contributed by atoms with van der Waals surface area (Å²) in [4.78, 5) is 17.8. The topological polar surface area (TPSA) is 65.7 Å². The molecule has 32 heavy (non-hydrogen) atoms. The van der Waals surface area contributed by atoms with Crippen LogP contribution in [0.5, 0.6) is 11.5 Å². The van der Waals surface area contributed by atoms with Crippen molar-refractivity contribution in [3.05, 3.63) is 75.1 Å². The Labute approximate surface area is 190 Å². The molecule has 0 aliphatic heterocycles. The molecule has 2 heterocycles. The average Bonchev–Trinajstić information content (AvgIpc) is 3.37. The monoisotopic (exact) mass is 447 g/mol. The quantitative estimate of drug-likeness (QED) is 0.351. The molecule has 0 fully saturated rings. The molecule has 0 bridgehead atoms. The van der Waals surface area contributed by atoms with Crippen molar-refractivity contribution in [1.29, 1.82) is 0 Å². The lowest BCUT2D eigenvalue weighted by Gasteiger charge is -2.05. The summed E-state index contributed by atoms with van der Waals surface area (Å²) in [6.45, 7) is 2.89. The summed E-state index contributed by atoms with van der Waals surface area (Å²) in [6.07, 6.45) is 8.92. The Bertz CT molecular complexity index is 1320. The molecule has 0 radical (unpaired) electrons. The number of nitrogens with zero attached hydrogens (tertiary/aromatic N) is 3. The highest BCUT2D eigenvalue weighted by Crippen LogP contribution is 2.21. The summed E-state index contributed by atoms with van der Waals surface area (Å²) < 4.78 is 13.0. The van der Waals surface area contributed by atoms with Gasteiger partial charge < -0.3 is 9.47 Å². The Kier molecular flexibility index (Phi) is 6.97. The lowest BCUT2D eigenvalue weighted by Crippen LogP contribution is -2.23. The molecular formula is C25H25N3O3S. The van der Waals surface area contributed by atoms with E-state index in [2.05, 4.69) is 17.0 Å². The van der Waals surface area contributed by atoms with Crippen LogP contribution in [0.1, 0.15) is 31.7 Å². The third kappa shape index (κ3) is 4.89. The first-order valence-corrected chi connectivity index (χ1v) is 11.5. The van der Waals surface area contributed by atoms with E-state index < -0.39 is 0 Å². The van der Waals surface area contributed by atoms with Gasteiger partial charge in [0.15, 0.2) is 5.82 Å². The van der Waals surface area contributed by atoms with Crippen LogP contribution in [-0.4, -0.2) is 28.3 Å². The fraction of sp³-hybridized carbons (Fsp3) is 0.240. The minimum Gasteiger partial charge on any atom is -0.496 e. The van der Waals surface area contributed by atoms with E-state index in [1.54, 1.807) is 13.2 Å². The lowest BCUT2D eigenvalue weighted by molar-refractivity contribution is 0.306. The van der Waals surface area contributed by atoms with Gasteiger partial charge in [-0.15, -0.1) is 5.10 Å². The minimum absolute atomic E-state index is 0.177. The van der Waals surface area contributed by atoms with Gasteiger partial charge in [-0.1, -0.05) is 61.5 Å². The number of para-hydroxylation sites is 1. The summed E-state index contributed by atoms with van der Waals surface area (Å²) in [6, 6.07) is 15.4. The van der Waals surface area contributed by atoms with Crippen molar-refractivity contribution in [2.45, 2.75) is 26.2 Å². The number of aromatic nitrogens is 3. The van der Waals surface area contributed by atoms with E-state index in [1.807, 2.05) is 60.7 Å². The number of hydrogen-bond donors (Lipinski definition) is 0. The number of methoxy groups -OCH3 is 1. The number of thiazole rings is 1. The van der Waals surface area contributed by atoms with Crippen LogP contribution in [0, 0.1) is 0 Å². The van der Waals surface area contributed by atoms with E-state index in [4.69, 9.17) is 9.47 Å². The van der Waals surface area contributed by atoms with Gasteiger partial charge in [0.1, 0.15) is 11.5 Å². The average molecular weight is 448 g/mol. The van der Waals surface area contributed by atoms with Crippen molar-refractivity contribution < 1.29 is 9.47 Å². The second kappa shape index (κ2) is 10.2. The summed E-state index contributed by atoms with van der Waals surface area (Å²) in [5, 5.41) is 4.41. The summed E-state index contributed by atoms with van der Waals surface area (Å²) >= 11 is 1.32. The Morgan fingerprint density at radius 1 is 1.09 bits per heavy atom. The summed E-state index contributed by atoms with van der Waals surface area (Å²) in [7, 11) is 1.64. The molecule has 2 aromatic heterocycles. The zero-order valence-electron chi connectivity index (χ0n) is 18.2. The molecule has 4 aromatic rings. The predicted molar refractivity (Wildman–Crippen MR) is 129 cm³/mol.